The number of carboxylic acids is 1. The molecule has 7 heteroatoms. The molecule has 0 bridgehead atoms. The summed E-state index contributed by atoms with van der Waals surface area (Å²) in [6.07, 6.45) is 13.9. The molecule has 0 amide bonds. The number of nitrogens with zero attached hydrogens (tertiary/aromatic N) is 2. The molecule has 25 heavy (non-hydrogen) atoms. The number of carbonyl (C=O) groups is 1. The summed E-state index contributed by atoms with van der Waals surface area (Å²) in [5.74, 6) is -0.817. The van der Waals surface area contributed by atoms with E-state index >= 15 is 0 Å². The van der Waals surface area contributed by atoms with Crippen molar-refractivity contribution in [3.63, 3.8) is 0 Å². The molecule has 0 aromatic heterocycles. The molecule has 0 radical (unpaired) electrons. The second-order valence-electron chi connectivity index (χ2n) is 6.61. The van der Waals surface area contributed by atoms with Crippen molar-refractivity contribution in [2.24, 2.45) is 4.99 Å². The Morgan fingerprint density at radius 3 is 2.20 bits per heavy atom. The standard InChI is InChI=1S/C18H34N2O3.Na.H2O.H/c1-2-3-4-5-6-7-8-9-10-11-18(16-17(22)23)19-12-13-20(18)14-15-21;;;/h12,21H,2-11,13-16H2,1H3,(H,22,23);;1H2;. The van der Waals surface area contributed by atoms with Gasteiger partial charge in [-0.25, -0.2) is 0 Å². The summed E-state index contributed by atoms with van der Waals surface area (Å²) in [7, 11) is 0. The second-order valence-corrected chi connectivity index (χ2v) is 6.61. The zero-order chi connectivity index (χ0) is 17.0. The fourth-order valence-corrected chi connectivity index (χ4v) is 3.41. The van der Waals surface area contributed by atoms with Crippen molar-refractivity contribution in [2.45, 2.75) is 83.2 Å². The Balaban J connectivity index is 0. The third kappa shape index (κ3) is 10.7. The van der Waals surface area contributed by atoms with Gasteiger partial charge in [-0.05, 0) is 12.8 Å². The number of rotatable bonds is 14. The first-order chi connectivity index (χ1) is 11.1. The minimum atomic E-state index is -0.817. The number of hydrogen-bond donors (Lipinski definition) is 2. The molecule has 0 spiro atoms. The molecule has 1 atom stereocenters. The monoisotopic (exact) mass is 368 g/mol. The van der Waals surface area contributed by atoms with E-state index in [0.717, 1.165) is 19.3 Å². The first kappa shape index (κ1) is 27.2. The summed E-state index contributed by atoms with van der Waals surface area (Å²) >= 11 is 0. The Hall–Kier alpha value is 0.0200. The molecule has 0 saturated heterocycles. The van der Waals surface area contributed by atoms with E-state index < -0.39 is 11.6 Å². The molecule has 0 aromatic rings. The molecule has 6 nitrogen and oxygen atoms in total. The first-order valence-electron chi connectivity index (χ1n) is 9.26. The van der Waals surface area contributed by atoms with Crippen LogP contribution in [-0.2, 0) is 4.79 Å². The van der Waals surface area contributed by atoms with Crippen LogP contribution in [0.4, 0.5) is 0 Å². The fraction of sp³-hybridized carbons (Fsp3) is 0.889. The molecule has 0 saturated carbocycles. The summed E-state index contributed by atoms with van der Waals surface area (Å²) in [5, 5.41) is 18.4. The fourth-order valence-electron chi connectivity index (χ4n) is 3.41. The molecule has 1 unspecified atom stereocenters. The van der Waals surface area contributed by atoms with E-state index in [2.05, 4.69) is 11.9 Å². The minimum absolute atomic E-state index is 0. The van der Waals surface area contributed by atoms with Gasteiger partial charge in [-0.1, -0.05) is 58.3 Å². The molecule has 0 aromatic carbocycles. The number of hydrogen-bond acceptors (Lipinski definition) is 4. The number of aliphatic hydroxyl groups is 1. The van der Waals surface area contributed by atoms with Crippen molar-refractivity contribution in [1.29, 1.82) is 0 Å². The van der Waals surface area contributed by atoms with Crippen molar-refractivity contribution in [2.75, 3.05) is 19.7 Å². The van der Waals surface area contributed by atoms with E-state index in [1.54, 1.807) is 6.21 Å². The SMILES string of the molecule is CCCCCCCCCCCC1(CC(=O)O)N=CCN1CCO.O.[NaH]. The van der Waals surface area contributed by atoms with E-state index in [9.17, 15) is 15.0 Å². The van der Waals surface area contributed by atoms with Gasteiger partial charge >= 0.3 is 35.5 Å². The Labute approximate surface area is 174 Å². The molecular weight excluding hydrogens is 331 g/mol. The Bertz CT molecular complexity index is 369. The predicted octanol–water partition coefficient (Wildman–Crippen LogP) is 1.98. The maximum absolute atomic E-state index is 11.2. The van der Waals surface area contributed by atoms with Crippen LogP contribution in [0.1, 0.15) is 77.6 Å². The number of unbranched alkanes of at least 4 members (excludes halogenated alkanes) is 8. The van der Waals surface area contributed by atoms with Gasteiger partial charge in [-0.15, -0.1) is 0 Å². The van der Waals surface area contributed by atoms with Crippen molar-refractivity contribution in [3.8, 4) is 0 Å². The van der Waals surface area contributed by atoms with Crippen LogP contribution in [0.2, 0.25) is 0 Å². The normalized spacial score (nSPS) is 19.4. The number of β-amino-alcohol motifs (C(OH)–C–C–N with tert-alkyl or cyclic N) is 1. The van der Waals surface area contributed by atoms with Gasteiger partial charge in [-0.2, -0.15) is 0 Å². The van der Waals surface area contributed by atoms with Gasteiger partial charge in [0.05, 0.1) is 13.0 Å². The van der Waals surface area contributed by atoms with Crippen molar-refractivity contribution < 1.29 is 20.5 Å². The van der Waals surface area contributed by atoms with Gasteiger partial charge in [0.15, 0.2) is 0 Å². The van der Waals surface area contributed by atoms with Gasteiger partial charge in [0, 0.05) is 19.3 Å². The number of aliphatic carboxylic acids is 1. The summed E-state index contributed by atoms with van der Waals surface area (Å²) < 4.78 is 0. The Kier molecular flexibility index (Phi) is 17.7. The van der Waals surface area contributed by atoms with E-state index in [4.69, 9.17) is 0 Å². The van der Waals surface area contributed by atoms with E-state index in [0.29, 0.717) is 13.1 Å². The zero-order valence-corrected chi connectivity index (χ0v) is 15.2. The van der Waals surface area contributed by atoms with Crippen LogP contribution in [0, 0.1) is 0 Å². The van der Waals surface area contributed by atoms with Crippen LogP contribution >= 0.6 is 0 Å². The van der Waals surface area contributed by atoms with Crippen LogP contribution in [-0.4, -0.2) is 87.7 Å². The van der Waals surface area contributed by atoms with E-state index in [1.165, 1.54) is 44.9 Å². The summed E-state index contributed by atoms with van der Waals surface area (Å²) in [5.41, 5.74) is -0.629. The molecule has 1 rings (SSSR count). The number of aliphatic imine (C=N–C) groups is 1. The molecule has 144 valence electrons. The number of aliphatic hydroxyl groups excluding tert-OH is 1. The third-order valence-electron chi connectivity index (χ3n) is 4.71. The predicted molar refractivity (Wildman–Crippen MR) is 105 cm³/mol. The molecular formula is C18H37N2NaO4. The van der Waals surface area contributed by atoms with Crippen LogP contribution in [0.3, 0.4) is 0 Å². The molecule has 1 aliphatic rings. The van der Waals surface area contributed by atoms with Gasteiger partial charge in [0.1, 0.15) is 5.66 Å². The van der Waals surface area contributed by atoms with Crippen LogP contribution in [0.25, 0.3) is 0 Å². The van der Waals surface area contributed by atoms with Crippen molar-refractivity contribution in [3.05, 3.63) is 0 Å². The maximum atomic E-state index is 11.2. The quantitative estimate of drug-likeness (QED) is 0.361. The summed E-state index contributed by atoms with van der Waals surface area (Å²) in [4.78, 5) is 17.7. The molecule has 0 aliphatic carbocycles. The first-order valence-corrected chi connectivity index (χ1v) is 9.26. The van der Waals surface area contributed by atoms with Gasteiger partial charge in [0.25, 0.3) is 0 Å². The van der Waals surface area contributed by atoms with Crippen LogP contribution in [0.5, 0.6) is 0 Å². The summed E-state index contributed by atoms with van der Waals surface area (Å²) in [6.45, 7) is 3.41. The van der Waals surface area contributed by atoms with E-state index in [1.807, 2.05) is 4.90 Å². The van der Waals surface area contributed by atoms with Crippen molar-refractivity contribution in [1.82, 2.24) is 4.90 Å². The average Bonchev–Trinajstić information content (AvgIpc) is 2.88. The average molecular weight is 368 g/mol. The van der Waals surface area contributed by atoms with Crippen LogP contribution in [0.15, 0.2) is 4.99 Å². The van der Waals surface area contributed by atoms with Crippen molar-refractivity contribution >= 4 is 41.7 Å². The Morgan fingerprint density at radius 2 is 1.68 bits per heavy atom. The van der Waals surface area contributed by atoms with Crippen LogP contribution < -0.4 is 0 Å². The van der Waals surface area contributed by atoms with Gasteiger partial charge in [0.2, 0.25) is 0 Å². The number of carboxylic acid groups (broad SMARTS) is 1. The summed E-state index contributed by atoms with van der Waals surface area (Å²) in [6, 6.07) is 0. The second kappa shape index (κ2) is 16.2. The molecule has 1 aliphatic heterocycles. The van der Waals surface area contributed by atoms with E-state index in [-0.39, 0.29) is 48.1 Å². The topological polar surface area (TPSA) is 105 Å². The zero-order valence-electron chi connectivity index (χ0n) is 15.2. The Morgan fingerprint density at radius 1 is 1.12 bits per heavy atom. The van der Waals surface area contributed by atoms with Gasteiger partial charge in [-0.3, -0.25) is 14.7 Å². The molecule has 4 N–H and O–H groups in total. The molecule has 0 fully saturated rings. The third-order valence-corrected chi connectivity index (χ3v) is 4.71. The molecule has 1 heterocycles. The van der Waals surface area contributed by atoms with Gasteiger partial charge < -0.3 is 15.7 Å².